The quantitative estimate of drug-likeness (QED) is 0.793. The highest BCUT2D eigenvalue weighted by Crippen LogP contribution is 2.22. The van der Waals surface area contributed by atoms with Gasteiger partial charge in [-0.3, -0.25) is 4.79 Å². The molecule has 0 saturated carbocycles. The number of nitrogens with zero attached hydrogens (tertiary/aromatic N) is 3. The van der Waals surface area contributed by atoms with Crippen molar-refractivity contribution in [2.24, 2.45) is 0 Å². The van der Waals surface area contributed by atoms with Crippen LogP contribution in [0.1, 0.15) is 20.1 Å². The maximum absolute atomic E-state index is 12.5. The lowest BCUT2D eigenvalue weighted by Crippen LogP contribution is -2.52. The van der Waals surface area contributed by atoms with Crippen LogP contribution in [0.15, 0.2) is 6.07 Å². The van der Waals surface area contributed by atoms with Gasteiger partial charge in [0.2, 0.25) is 0 Å². The first-order chi connectivity index (χ1) is 9.40. The Morgan fingerprint density at radius 1 is 1.10 bits per heavy atom. The van der Waals surface area contributed by atoms with Crippen molar-refractivity contribution < 1.29 is 9.59 Å². The molecule has 2 heterocycles. The van der Waals surface area contributed by atoms with Crippen LogP contribution in [0.25, 0.3) is 0 Å². The summed E-state index contributed by atoms with van der Waals surface area (Å²) in [6, 6.07) is 1.97. The van der Waals surface area contributed by atoms with Crippen LogP contribution < -0.4 is 0 Å². The number of amides is 3. The molecule has 110 valence electrons. The van der Waals surface area contributed by atoms with Crippen LogP contribution in [0, 0.1) is 13.8 Å². The predicted octanol–water partition coefficient (Wildman–Crippen LogP) is 1.80. The Kier molecular flexibility index (Phi) is 4.32. The number of urea groups is 1. The third-order valence-electron chi connectivity index (χ3n) is 3.49. The zero-order valence-electron chi connectivity index (χ0n) is 12.5. The summed E-state index contributed by atoms with van der Waals surface area (Å²) in [4.78, 5) is 31.7. The average molecular weight is 295 g/mol. The number of carbonyl (C=O) groups is 2. The molecule has 1 aliphatic rings. The normalized spacial score (nSPS) is 15.4. The highest BCUT2D eigenvalue weighted by molar-refractivity contribution is 7.12. The zero-order chi connectivity index (χ0) is 14.9. The molecule has 20 heavy (non-hydrogen) atoms. The standard InChI is InChI=1S/C14H21N3O2S/c1-10-9-12(11(2)20-10)13(18)16-5-7-17(8-6-16)14(19)15(3)4/h9H,5-8H2,1-4H3. The van der Waals surface area contributed by atoms with Crippen LogP contribution >= 0.6 is 11.3 Å². The van der Waals surface area contributed by atoms with E-state index in [-0.39, 0.29) is 11.9 Å². The molecule has 0 radical (unpaired) electrons. The van der Waals surface area contributed by atoms with Crippen LogP contribution in [0.3, 0.4) is 0 Å². The highest BCUT2D eigenvalue weighted by Gasteiger charge is 2.26. The molecule has 5 nitrogen and oxygen atoms in total. The van der Waals surface area contributed by atoms with Crippen LogP contribution in [-0.4, -0.2) is 66.9 Å². The number of carbonyl (C=O) groups excluding carboxylic acids is 2. The molecule has 0 unspecified atom stereocenters. The topological polar surface area (TPSA) is 43.9 Å². The Morgan fingerprint density at radius 2 is 1.65 bits per heavy atom. The summed E-state index contributed by atoms with van der Waals surface area (Å²) in [7, 11) is 3.49. The van der Waals surface area contributed by atoms with E-state index in [2.05, 4.69) is 0 Å². The van der Waals surface area contributed by atoms with Crippen molar-refractivity contribution in [1.82, 2.24) is 14.7 Å². The Balaban J connectivity index is 1.99. The molecule has 0 spiro atoms. The van der Waals surface area contributed by atoms with Gasteiger partial charge in [0.15, 0.2) is 0 Å². The van der Waals surface area contributed by atoms with Crippen molar-refractivity contribution in [3.05, 3.63) is 21.4 Å². The van der Waals surface area contributed by atoms with Crippen LogP contribution in [0.2, 0.25) is 0 Å². The smallest absolute Gasteiger partial charge is 0.319 e. The minimum Gasteiger partial charge on any atom is -0.335 e. The van der Waals surface area contributed by atoms with Gasteiger partial charge in [-0.25, -0.2) is 4.79 Å². The fraction of sp³-hybridized carbons (Fsp3) is 0.571. The van der Waals surface area contributed by atoms with Gasteiger partial charge < -0.3 is 14.7 Å². The number of hydrogen-bond acceptors (Lipinski definition) is 3. The van der Waals surface area contributed by atoms with Crippen molar-refractivity contribution in [2.75, 3.05) is 40.3 Å². The molecular formula is C14H21N3O2S. The van der Waals surface area contributed by atoms with E-state index in [0.717, 1.165) is 15.3 Å². The third kappa shape index (κ3) is 2.95. The molecule has 3 amide bonds. The van der Waals surface area contributed by atoms with Gasteiger partial charge in [-0.05, 0) is 19.9 Å². The van der Waals surface area contributed by atoms with Crippen molar-refractivity contribution in [3.8, 4) is 0 Å². The van der Waals surface area contributed by atoms with Crippen LogP contribution in [-0.2, 0) is 0 Å². The molecule has 1 aromatic heterocycles. The first-order valence-corrected chi connectivity index (χ1v) is 7.54. The fourth-order valence-corrected chi connectivity index (χ4v) is 3.31. The van der Waals surface area contributed by atoms with E-state index < -0.39 is 0 Å². The molecule has 0 N–H and O–H groups in total. The van der Waals surface area contributed by atoms with Gasteiger partial charge in [0.05, 0.1) is 5.56 Å². The average Bonchev–Trinajstić information content (AvgIpc) is 2.76. The maximum Gasteiger partial charge on any atom is 0.319 e. The minimum atomic E-state index is 0.0136. The lowest BCUT2D eigenvalue weighted by molar-refractivity contribution is 0.0650. The Bertz CT molecular complexity index is 516. The van der Waals surface area contributed by atoms with E-state index in [1.165, 1.54) is 0 Å². The second-order valence-corrected chi connectivity index (χ2v) is 6.74. The second kappa shape index (κ2) is 5.83. The van der Waals surface area contributed by atoms with Crippen molar-refractivity contribution in [2.45, 2.75) is 13.8 Å². The van der Waals surface area contributed by atoms with E-state index >= 15 is 0 Å². The Morgan fingerprint density at radius 3 is 2.10 bits per heavy atom. The molecule has 1 aromatic rings. The monoisotopic (exact) mass is 295 g/mol. The molecule has 0 bridgehead atoms. The van der Waals surface area contributed by atoms with E-state index in [1.807, 2.05) is 24.8 Å². The summed E-state index contributed by atoms with van der Waals surface area (Å²) in [5.74, 6) is 0.0869. The minimum absolute atomic E-state index is 0.0136. The first kappa shape index (κ1) is 14.8. The number of rotatable bonds is 1. The summed E-state index contributed by atoms with van der Waals surface area (Å²) in [6.45, 7) is 6.41. The van der Waals surface area contributed by atoms with Crippen molar-refractivity contribution in [3.63, 3.8) is 0 Å². The highest BCUT2D eigenvalue weighted by atomic mass is 32.1. The molecule has 1 aliphatic heterocycles. The van der Waals surface area contributed by atoms with Crippen molar-refractivity contribution >= 4 is 23.3 Å². The molecule has 0 aliphatic carbocycles. The number of hydrogen-bond donors (Lipinski definition) is 0. The van der Waals surface area contributed by atoms with Crippen LogP contribution in [0.5, 0.6) is 0 Å². The van der Waals surface area contributed by atoms with Gasteiger partial charge in [0.25, 0.3) is 5.91 Å². The van der Waals surface area contributed by atoms with E-state index in [1.54, 1.807) is 35.2 Å². The van der Waals surface area contributed by atoms with E-state index in [9.17, 15) is 9.59 Å². The third-order valence-corrected chi connectivity index (χ3v) is 4.46. The summed E-state index contributed by atoms with van der Waals surface area (Å²) in [6.07, 6.45) is 0. The number of thiophene rings is 1. The molecule has 1 fully saturated rings. The van der Waals surface area contributed by atoms with Gasteiger partial charge in [0.1, 0.15) is 0 Å². The molecule has 6 heteroatoms. The van der Waals surface area contributed by atoms with Crippen LogP contribution in [0.4, 0.5) is 4.79 Å². The number of piperazine rings is 1. The van der Waals surface area contributed by atoms with E-state index in [0.29, 0.717) is 26.2 Å². The lowest BCUT2D eigenvalue weighted by atomic mass is 10.2. The summed E-state index contributed by atoms with van der Waals surface area (Å²) < 4.78 is 0. The molecule has 2 rings (SSSR count). The lowest BCUT2D eigenvalue weighted by Gasteiger charge is -2.36. The molecule has 0 atom stereocenters. The Labute approximate surface area is 123 Å². The summed E-state index contributed by atoms with van der Waals surface area (Å²) in [5, 5.41) is 0. The van der Waals surface area contributed by atoms with E-state index in [4.69, 9.17) is 0 Å². The fourth-order valence-electron chi connectivity index (χ4n) is 2.40. The Hall–Kier alpha value is -1.56. The maximum atomic E-state index is 12.5. The SMILES string of the molecule is Cc1cc(C(=O)N2CCN(C(=O)N(C)C)CC2)c(C)s1. The molecular weight excluding hydrogens is 274 g/mol. The van der Waals surface area contributed by atoms with Gasteiger partial charge in [-0.1, -0.05) is 0 Å². The second-order valence-electron chi connectivity index (χ2n) is 5.28. The largest absolute Gasteiger partial charge is 0.335 e. The molecule has 1 saturated heterocycles. The summed E-state index contributed by atoms with van der Waals surface area (Å²) >= 11 is 1.65. The number of aryl methyl sites for hydroxylation is 2. The van der Waals surface area contributed by atoms with Gasteiger partial charge in [-0.2, -0.15) is 0 Å². The van der Waals surface area contributed by atoms with Gasteiger partial charge in [0, 0.05) is 50.0 Å². The van der Waals surface area contributed by atoms with Gasteiger partial charge >= 0.3 is 6.03 Å². The van der Waals surface area contributed by atoms with Crippen molar-refractivity contribution in [1.29, 1.82) is 0 Å². The summed E-state index contributed by atoms with van der Waals surface area (Å²) in [5.41, 5.74) is 0.805. The molecule has 0 aromatic carbocycles. The first-order valence-electron chi connectivity index (χ1n) is 6.72. The zero-order valence-corrected chi connectivity index (χ0v) is 13.3. The predicted molar refractivity (Wildman–Crippen MR) is 80.4 cm³/mol. The van der Waals surface area contributed by atoms with Gasteiger partial charge in [-0.15, -0.1) is 11.3 Å².